The predicted molar refractivity (Wildman–Crippen MR) is 339 cm³/mol. The minimum Gasteiger partial charge on any atom is -0.462 e. The average molecular weight is 1090 g/mol. The molecule has 0 heterocycles. The van der Waals surface area contributed by atoms with E-state index in [4.69, 9.17) is 14.2 Å². The molecule has 1 atom stereocenters. The van der Waals surface area contributed by atoms with E-state index in [2.05, 4.69) is 93.7 Å². The van der Waals surface area contributed by atoms with Crippen molar-refractivity contribution in [2.75, 3.05) is 13.2 Å². The Morgan fingerprint density at radius 1 is 0.269 bits per heavy atom. The zero-order chi connectivity index (χ0) is 56.4. The highest BCUT2D eigenvalue weighted by Crippen LogP contribution is 2.18. The molecular formula is C72H128O6. The molecule has 0 spiro atoms. The van der Waals surface area contributed by atoms with Gasteiger partial charge in [0.05, 0.1) is 0 Å². The Kier molecular flexibility index (Phi) is 63.7. The zero-order valence-corrected chi connectivity index (χ0v) is 51.9. The number of allylic oxidation sites excluding steroid dienone is 12. The van der Waals surface area contributed by atoms with Gasteiger partial charge in [0.2, 0.25) is 0 Å². The van der Waals surface area contributed by atoms with Crippen LogP contribution in [-0.2, 0) is 28.6 Å². The molecule has 0 rings (SSSR count). The average Bonchev–Trinajstić information content (AvgIpc) is 3.44. The van der Waals surface area contributed by atoms with Crippen molar-refractivity contribution >= 4 is 17.9 Å². The molecule has 0 N–H and O–H groups in total. The molecule has 0 saturated heterocycles. The first-order valence-corrected chi connectivity index (χ1v) is 33.9. The Hall–Kier alpha value is -3.15. The molecule has 6 heteroatoms. The van der Waals surface area contributed by atoms with E-state index in [1.165, 1.54) is 212 Å². The molecule has 0 aliphatic carbocycles. The molecule has 0 bridgehead atoms. The molecule has 0 fully saturated rings. The summed E-state index contributed by atoms with van der Waals surface area (Å²) in [6, 6.07) is 0. The lowest BCUT2D eigenvalue weighted by atomic mass is 10.0. The summed E-state index contributed by atoms with van der Waals surface area (Å²) in [6.45, 7) is 6.54. The molecule has 0 amide bonds. The highest BCUT2D eigenvalue weighted by atomic mass is 16.6. The number of hydrogen-bond donors (Lipinski definition) is 0. The summed E-state index contributed by atoms with van der Waals surface area (Å²) >= 11 is 0. The fraction of sp³-hybridized carbons (Fsp3) is 0.792. The van der Waals surface area contributed by atoms with Crippen LogP contribution >= 0.6 is 0 Å². The number of carbonyl (C=O) groups is 3. The predicted octanol–water partition coefficient (Wildman–Crippen LogP) is 23.3. The van der Waals surface area contributed by atoms with E-state index in [-0.39, 0.29) is 31.1 Å². The minimum atomic E-state index is -0.786. The number of esters is 3. The number of unbranched alkanes of at least 4 members (excludes halogenated alkanes) is 39. The van der Waals surface area contributed by atoms with Crippen LogP contribution in [0.3, 0.4) is 0 Å². The second-order valence-corrected chi connectivity index (χ2v) is 22.7. The number of hydrogen-bond acceptors (Lipinski definition) is 6. The monoisotopic (exact) mass is 1090 g/mol. The van der Waals surface area contributed by atoms with Gasteiger partial charge >= 0.3 is 17.9 Å². The van der Waals surface area contributed by atoms with Crippen molar-refractivity contribution in [3.63, 3.8) is 0 Å². The molecule has 0 aliphatic rings. The van der Waals surface area contributed by atoms with Crippen molar-refractivity contribution in [1.29, 1.82) is 0 Å². The summed E-state index contributed by atoms with van der Waals surface area (Å²) in [5.41, 5.74) is 0. The van der Waals surface area contributed by atoms with Gasteiger partial charge < -0.3 is 14.2 Å². The van der Waals surface area contributed by atoms with E-state index < -0.39 is 6.10 Å². The van der Waals surface area contributed by atoms with Gasteiger partial charge in [-0.3, -0.25) is 14.4 Å². The fourth-order valence-electron chi connectivity index (χ4n) is 9.88. The largest absolute Gasteiger partial charge is 0.462 e. The Morgan fingerprint density at radius 2 is 0.500 bits per heavy atom. The van der Waals surface area contributed by atoms with Crippen molar-refractivity contribution < 1.29 is 28.6 Å². The Morgan fingerprint density at radius 3 is 0.795 bits per heavy atom. The van der Waals surface area contributed by atoms with Crippen LogP contribution in [0, 0.1) is 0 Å². The topological polar surface area (TPSA) is 78.9 Å². The Bertz CT molecular complexity index is 1440. The summed E-state index contributed by atoms with van der Waals surface area (Å²) in [6.07, 6.45) is 86.4. The molecule has 0 saturated carbocycles. The first-order valence-electron chi connectivity index (χ1n) is 33.9. The van der Waals surface area contributed by atoms with Crippen molar-refractivity contribution in [3.05, 3.63) is 72.9 Å². The number of rotatable bonds is 62. The standard InChI is InChI=1S/C72H128O6/c1-4-7-10-13-16-19-22-25-27-29-31-32-33-34-35-36-37-38-39-40-41-43-44-47-50-53-56-59-62-65-71(74)77-68-69(67-76-70(73)64-61-58-55-52-49-46-24-21-18-15-12-9-6-3)78-72(75)66-63-60-57-54-51-48-45-42-30-28-26-23-20-17-14-11-8-5-2/h9,12,18,21-22,25,29,31,33-34,46,49,69H,4-8,10-11,13-17,19-20,23-24,26-28,30,32,35-45,47-48,50-68H2,1-3H3/b12-9-,21-18-,25-22-,31-29-,34-33-,49-46-. The van der Waals surface area contributed by atoms with Crippen LogP contribution < -0.4 is 0 Å². The van der Waals surface area contributed by atoms with Crippen molar-refractivity contribution in [2.45, 2.75) is 354 Å². The van der Waals surface area contributed by atoms with Crippen LogP contribution in [0.15, 0.2) is 72.9 Å². The number of ether oxygens (including phenoxy) is 3. The SMILES string of the molecule is CC/C=C\C/C=C\C/C=C\CCCCCC(=O)OCC(COC(=O)CCCCCCCCCCCCCCCC/C=C\C/C=C\C/C=C\CCCCCCC)OC(=O)CCCCCCCCCCCCCCCCCCCC. The summed E-state index contributed by atoms with van der Waals surface area (Å²) < 4.78 is 16.9. The third-order valence-electron chi connectivity index (χ3n) is 14.9. The molecule has 0 aromatic carbocycles. The maximum Gasteiger partial charge on any atom is 0.306 e. The van der Waals surface area contributed by atoms with Crippen LogP contribution in [0.25, 0.3) is 0 Å². The molecule has 0 radical (unpaired) electrons. The minimum absolute atomic E-state index is 0.0815. The smallest absolute Gasteiger partial charge is 0.306 e. The van der Waals surface area contributed by atoms with Crippen molar-refractivity contribution in [1.82, 2.24) is 0 Å². The maximum atomic E-state index is 12.9. The van der Waals surface area contributed by atoms with Crippen LogP contribution in [-0.4, -0.2) is 37.2 Å². The van der Waals surface area contributed by atoms with E-state index in [1.807, 2.05) is 0 Å². The molecule has 78 heavy (non-hydrogen) atoms. The first kappa shape index (κ1) is 74.8. The molecule has 6 nitrogen and oxygen atoms in total. The molecule has 0 aliphatic heterocycles. The van der Waals surface area contributed by atoms with Gasteiger partial charge in [0.25, 0.3) is 0 Å². The highest BCUT2D eigenvalue weighted by Gasteiger charge is 2.19. The summed E-state index contributed by atoms with van der Waals surface area (Å²) in [7, 11) is 0. The normalized spacial score (nSPS) is 12.5. The second kappa shape index (κ2) is 66.4. The van der Waals surface area contributed by atoms with Crippen LogP contribution in [0.4, 0.5) is 0 Å². The number of carbonyl (C=O) groups excluding carboxylic acids is 3. The van der Waals surface area contributed by atoms with E-state index in [0.29, 0.717) is 19.3 Å². The third-order valence-corrected chi connectivity index (χ3v) is 14.9. The lowest BCUT2D eigenvalue weighted by Gasteiger charge is -2.18. The second-order valence-electron chi connectivity index (χ2n) is 22.7. The van der Waals surface area contributed by atoms with Gasteiger partial charge in [-0.1, -0.05) is 312 Å². The van der Waals surface area contributed by atoms with Crippen molar-refractivity contribution in [3.8, 4) is 0 Å². The molecule has 1 unspecified atom stereocenters. The summed E-state index contributed by atoms with van der Waals surface area (Å²) in [4.78, 5) is 38.3. The molecule has 452 valence electrons. The van der Waals surface area contributed by atoms with Gasteiger partial charge in [-0.05, 0) is 89.9 Å². The molecular weight excluding hydrogens is 961 g/mol. The summed E-state index contributed by atoms with van der Waals surface area (Å²) in [5, 5.41) is 0. The first-order chi connectivity index (χ1) is 38.5. The van der Waals surface area contributed by atoms with E-state index in [1.54, 1.807) is 0 Å². The maximum absolute atomic E-state index is 12.9. The van der Waals surface area contributed by atoms with Gasteiger partial charge in [-0.15, -0.1) is 0 Å². The lowest BCUT2D eigenvalue weighted by Crippen LogP contribution is -2.30. The van der Waals surface area contributed by atoms with Gasteiger partial charge in [0, 0.05) is 19.3 Å². The van der Waals surface area contributed by atoms with Crippen LogP contribution in [0.2, 0.25) is 0 Å². The third kappa shape index (κ3) is 63.7. The Balaban J connectivity index is 4.23. The van der Waals surface area contributed by atoms with E-state index >= 15 is 0 Å². The van der Waals surface area contributed by atoms with Gasteiger partial charge in [0.1, 0.15) is 13.2 Å². The quantitative estimate of drug-likeness (QED) is 0.0261. The molecule has 0 aromatic rings. The van der Waals surface area contributed by atoms with Crippen LogP contribution in [0.1, 0.15) is 348 Å². The summed E-state index contributed by atoms with van der Waals surface area (Å²) in [5.74, 6) is -0.894. The molecule has 0 aromatic heterocycles. The van der Waals surface area contributed by atoms with Gasteiger partial charge in [0.15, 0.2) is 6.10 Å². The van der Waals surface area contributed by atoms with E-state index in [9.17, 15) is 14.4 Å². The van der Waals surface area contributed by atoms with E-state index in [0.717, 1.165) is 96.3 Å². The van der Waals surface area contributed by atoms with Gasteiger partial charge in [-0.25, -0.2) is 0 Å². The highest BCUT2D eigenvalue weighted by molar-refractivity contribution is 5.71. The zero-order valence-electron chi connectivity index (χ0n) is 51.9. The lowest BCUT2D eigenvalue weighted by molar-refractivity contribution is -0.167. The fourth-order valence-corrected chi connectivity index (χ4v) is 9.88. The Labute approximate surface area is 484 Å². The van der Waals surface area contributed by atoms with Crippen LogP contribution in [0.5, 0.6) is 0 Å². The van der Waals surface area contributed by atoms with Crippen molar-refractivity contribution in [2.24, 2.45) is 0 Å². The van der Waals surface area contributed by atoms with Gasteiger partial charge in [-0.2, -0.15) is 0 Å².